The molecular formula is C14H23N3O4S. The molecular weight excluding hydrogens is 306 g/mol. The normalized spacial score (nSPS) is 14.2. The molecule has 0 aliphatic rings. The van der Waals surface area contributed by atoms with Gasteiger partial charge in [0.05, 0.1) is 18.0 Å². The molecule has 0 saturated carbocycles. The van der Waals surface area contributed by atoms with E-state index in [1.807, 2.05) is 0 Å². The van der Waals surface area contributed by atoms with Crippen molar-refractivity contribution in [1.29, 1.82) is 0 Å². The minimum absolute atomic E-state index is 0.163. The SMILES string of the molecule is CNC(=O)[C@@H](N)CCC(C)NS(=O)(=O)c1ccc(OC)cc1. The fraction of sp³-hybridized carbons (Fsp3) is 0.500. The summed E-state index contributed by atoms with van der Waals surface area (Å²) in [7, 11) is -0.580. The molecule has 0 aliphatic heterocycles. The van der Waals surface area contributed by atoms with Gasteiger partial charge in [-0.3, -0.25) is 4.79 Å². The van der Waals surface area contributed by atoms with Crippen LogP contribution < -0.4 is 20.5 Å². The highest BCUT2D eigenvalue weighted by Crippen LogP contribution is 2.16. The molecule has 0 bridgehead atoms. The van der Waals surface area contributed by atoms with E-state index in [4.69, 9.17) is 10.5 Å². The summed E-state index contributed by atoms with van der Waals surface area (Å²) >= 11 is 0. The number of ether oxygens (including phenoxy) is 1. The summed E-state index contributed by atoms with van der Waals surface area (Å²) in [4.78, 5) is 11.5. The van der Waals surface area contributed by atoms with Gasteiger partial charge in [-0.1, -0.05) is 0 Å². The summed E-state index contributed by atoms with van der Waals surface area (Å²) in [6, 6.07) is 5.15. The van der Waals surface area contributed by atoms with Gasteiger partial charge in [0.1, 0.15) is 5.75 Å². The molecule has 0 saturated heterocycles. The summed E-state index contributed by atoms with van der Waals surface area (Å²) in [6.07, 6.45) is 0.857. The van der Waals surface area contributed by atoms with E-state index in [-0.39, 0.29) is 16.8 Å². The van der Waals surface area contributed by atoms with E-state index in [0.29, 0.717) is 18.6 Å². The van der Waals surface area contributed by atoms with Gasteiger partial charge in [-0.2, -0.15) is 0 Å². The Morgan fingerprint density at radius 3 is 2.36 bits per heavy atom. The van der Waals surface area contributed by atoms with E-state index in [1.165, 1.54) is 26.3 Å². The zero-order valence-corrected chi connectivity index (χ0v) is 13.8. The van der Waals surface area contributed by atoms with E-state index in [1.54, 1.807) is 19.1 Å². The third kappa shape index (κ3) is 5.28. The molecule has 22 heavy (non-hydrogen) atoms. The first-order valence-electron chi connectivity index (χ1n) is 6.93. The van der Waals surface area contributed by atoms with Crippen LogP contribution >= 0.6 is 0 Å². The third-order valence-electron chi connectivity index (χ3n) is 3.22. The number of likely N-dealkylation sites (N-methyl/N-ethyl adjacent to an activating group) is 1. The molecule has 0 heterocycles. The van der Waals surface area contributed by atoms with Crippen molar-refractivity contribution in [3.8, 4) is 5.75 Å². The third-order valence-corrected chi connectivity index (χ3v) is 4.83. The van der Waals surface area contributed by atoms with E-state index in [9.17, 15) is 13.2 Å². The van der Waals surface area contributed by atoms with E-state index >= 15 is 0 Å². The van der Waals surface area contributed by atoms with Crippen molar-refractivity contribution in [2.75, 3.05) is 14.2 Å². The predicted octanol–water partition coefficient (Wildman–Crippen LogP) is 0.216. The van der Waals surface area contributed by atoms with Gasteiger partial charge < -0.3 is 15.8 Å². The van der Waals surface area contributed by atoms with Gasteiger partial charge in [-0.25, -0.2) is 13.1 Å². The minimum Gasteiger partial charge on any atom is -0.497 e. The van der Waals surface area contributed by atoms with E-state index in [2.05, 4.69) is 10.0 Å². The van der Waals surface area contributed by atoms with Crippen molar-refractivity contribution in [2.45, 2.75) is 36.7 Å². The Balaban J connectivity index is 2.61. The first-order valence-corrected chi connectivity index (χ1v) is 8.42. The lowest BCUT2D eigenvalue weighted by molar-refractivity contribution is -0.122. The van der Waals surface area contributed by atoms with Crippen LogP contribution in [0.25, 0.3) is 0 Å². The van der Waals surface area contributed by atoms with E-state index in [0.717, 1.165) is 0 Å². The maximum absolute atomic E-state index is 12.2. The van der Waals surface area contributed by atoms with Crippen LogP contribution in [0.3, 0.4) is 0 Å². The lowest BCUT2D eigenvalue weighted by Gasteiger charge is -2.16. The second-order valence-corrected chi connectivity index (χ2v) is 6.71. The molecule has 1 unspecified atom stereocenters. The van der Waals surface area contributed by atoms with Crippen LogP contribution in [-0.4, -0.2) is 40.6 Å². The number of hydrogen-bond donors (Lipinski definition) is 3. The van der Waals surface area contributed by atoms with Crippen LogP contribution in [0.4, 0.5) is 0 Å². The van der Waals surface area contributed by atoms with Gasteiger partial charge in [0.15, 0.2) is 0 Å². The molecule has 0 spiro atoms. The van der Waals surface area contributed by atoms with Crippen LogP contribution in [-0.2, 0) is 14.8 Å². The Bertz CT molecular complexity index is 587. The summed E-state index contributed by atoms with van der Waals surface area (Å²) in [5, 5.41) is 2.46. The highest BCUT2D eigenvalue weighted by atomic mass is 32.2. The summed E-state index contributed by atoms with van der Waals surface area (Å²) in [6.45, 7) is 1.73. The Labute approximate surface area is 131 Å². The monoisotopic (exact) mass is 329 g/mol. The topological polar surface area (TPSA) is 111 Å². The average Bonchev–Trinajstić information content (AvgIpc) is 2.51. The number of rotatable bonds is 8. The van der Waals surface area contributed by atoms with Crippen LogP contribution in [0.2, 0.25) is 0 Å². The van der Waals surface area contributed by atoms with Gasteiger partial charge in [0.25, 0.3) is 0 Å². The molecule has 2 atom stereocenters. The fourth-order valence-corrected chi connectivity index (χ4v) is 3.17. The maximum Gasteiger partial charge on any atom is 0.240 e. The number of nitrogens with one attached hydrogen (secondary N) is 2. The van der Waals surface area contributed by atoms with Crippen molar-refractivity contribution in [1.82, 2.24) is 10.0 Å². The second kappa shape index (κ2) is 8.11. The highest BCUT2D eigenvalue weighted by molar-refractivity contribution is 7.89. The average molecular weight is 329 g/mol. The maximum atomic E-state index is 12.2. The van der Waals surface area contributed by atoms with Gasteiger partial charge in [-0.05, 0) is 44.0 Å². The second-order valence-electron chi connectivity index (χ2n) is 5.00. The number of benzene rings is 1. The number of carbonyl (C=O) groups is 1. The molecule has 1 aromatic carbocycles. The molecule has 4 N–H and O–H groups in total. The van der Waals surface area contributed by atoms with Gasteiger partial charge in [0.2, 0.25) is 15.9 Å². The zero-order valence-electron chi connectivity index (χ0n) is 13.0. The Morgan fingerprint density at radius 2 is 1.86 bits per heavy atom. The quantitative estimate of drug-likeness (QED) is 0.632. The highest BCUT2D eigenvalue weighted by Gasteiger charge is 2.19. The first-order chi connectivity index (χ1) is 10.3. The van der Waals surface area contributed by atoms with Crippen molar-refractivity contribution in [3.63, 3.8) is 0 Å². The summed E-state index contributed by atoms with van der Waals surface area (Å²) in [5.74, 6) is 0.328. The Kier molecular flexibility index (Phi) is 6.79. The van der Waals surface area contributed by atoms with E-state index < -0.39 is 16.1 Å². The Hall–Kier alpha value is -1.64. The van der Waals surface area contributed by atoms with Crippen LogP contribution in [0.15, 0.2) is 29.2 Å². The number of hydrogen-bond acceptors (Lipinski definition) is 5. The molecule has 0 fully saturated rings. The summed E-state index contributed by atoms with van der Waals surface area (Å²) < 4.78 is 32.0. The molecule has 7 nitrogen and oxygen atoms in total. The van der Waals surface area contributed by atoms with Gasteiger partial charge >= 0.3 is 0 Å². The van der Waals surface area contributed by atoms with Crippen LogP contribution in [0, 0.1) is 0 Å². The lowest BCUT2D eigenvalue weighted by atomic mass is 10.1. The van der Waals surface area contributed by atoms with Crippen LogP contribution in [0.5, 0.6) is 5.75 Å². The number of carbonyl (C=O) groups excluding carboxylic acids is 1. The first kappa shape index (κ1) is 18.4. The van der Waals surface area contributed by atoms with Gasteiger partial charge in [-0.15, -0.1) is 0 Å². The number of amides is 1. The zero-order chi connectivity index (χ0) is 16.8. The molecule has 0 radical (unpaired) electrons. The minimum atomic E-state index is -3.61. The molecule has 1 amide bonds. The van der Waals surface area contributed by atoms with Crippen LogP contribution in [0.1, 0.15) is 19.8 Å². The van der Waals surface area contributed by atoms with Crippen molar-refractivity contribution in [3.05, 3.63) is 24.3 Å². The van der Waals surface area contributed by atoms with Crippen molar-refractivity contribution < 1.29 is 17.9 Å². The molecule has 1 aromatic rings. The standard InChI is InChI=1S/C14H23N3O4S/c1-10(4-9-13(15)14(18)16-2)17-22(19,20)12-7-5-11(21-3)6-8-12/h5-8,10,13,17H,4,9,15H2,1-3H3,(H,16,18)/t10?,13-/m0/s1. The predicted molar refractivity (Wildman–Crippen MR) is 84.1 cm³/mol. The molecule has 0 aliphatic carbocycles. The fourth-order valence-electron chi connectivity index (χ4n) is 1.89. The molecule has 1 rings (SSSR count). The van der Waals surface area contributed by atoms with Crippen molar-refractivity contribution >= 4 is 15.9 Å². The lowest BCUT2D eigenvalue weighted by Crippen LogP contribution is -2.40. The molecule has 124 valence electrons. The van der Waals surface area contributed by atoms with Crippen molar-refractivity contribution in [2.24, 2.45) is 5.73 Å². The molecule has 8 heteroatoms. The number of methoxy groups -OCH3 is 1. The Morgan fingerprint density at radius 1 is 1.27 bits per heavy atom. The number of nitrogens with two attached hydrogens (primary N) is 1. The molecule has 0 aromatic heterocycles. The number of sulfonamides is 1. The summed E-state index contributed by atoms with van der Waals surface area (Å²) in [5.41, 5.74) is 5.68. The smallest absolute Gasteiger partial charge is 0.240 e. The van der Waals surface area contributed by atoms with Gasteiger partial charge in [0, 0.05) is 13.1 Å². The largest absolute Gasteiger partial charge is 0.497 e.